The number of allylic oxidation sites excluding steroid dienone is 1. The van der Waals surface area contributed by atoms with E-state index in [9.17, 15) is 5.11 Å². The van der Waals surface area contributed by atoms with Crippen LogP contribution in [0, 0.1) is 0 Å². The first-order valence-corrected chi connectivity index (χ1v) is 7.51. The molecule has 2 aliphatic heterocycles. The molecule has 1 aromatic rings. The first-order chi connectivity index (χ1) is 10.2. The van der Waals surface area contributed by atoms with Gasteiger partial charge in [0.25, 0.3) is 0 Å². The van der Waals surface area contributed by atoms with Gasteiger partial charge >= 0.3 is 0 Å². The maximum Gasteiger partial charge on any atom is 0.159 e. The van der Waals surface area contributed by atoms with Gasteiger partial charge in [-0.15, -0.1) is 5.48 Å². The van der Waals surface area contributed by atoms with Crippen molar-refractivity contribution in [3.8, 4) is 0 Å². The molecule has 0 saturated carbocycles. The Balaban J connectivity index is 1.92. The number of aliphatic hydroxyl groups excluding tert-OH is 1. The number of nitrogens with zero attached hydrogens (tertiary/aromatic N) is 1. The summed E-state index contributed by atoms with van der Waals surface area (Å²) in [6.07, 6.45) is 4.75. The molecule has 1 aromatic carbocycles. The molecule has 2 aliphatic rings. The zero-order chi connectivity index (χ0) is 14.8. The Bertz CT molecular complexity index is 580. The van der Waals surface area contributed by atoms with E-state index < -0.39 is 0 Å². The number of aliphatic hydroxyl groups is 1. The Labute approximate surface area is 125 Å². The molecule has 2 heterocycles. The third-order valence-electron chi connectivity index (χ3n) is 4.05. The molecule has 1 saturated heterocycles. The summed E-state index contributed by atoms with van der Waals surface area (Å²) in [4.78, 5) is 7.88. The largest absolute Gasteiger partial charge is 0.407 e. The first kappa shape index (κ1) is 14.2. The molecular formula is C17H22N2O2. The minimum Gasteiger partial charge on any atom is -0.407 e. The third kappa shape index (κ3) is 2.82. The molecule has 0 spiro atoms. The number of hydroxylamine groups is 1. The molecule has 0 amide bonds. The van der Waals surface area contributed by atoms with Gasteiger partial charge in [0.15, 0.2) is 5.76 Å². The van der Waals surface area contributed by atoms with Gasteiger partial charge in [-0.25, -0.2) is 0 Å². The average molecular weight is 286 g/mol. The van der Waals surface area contributed by atoms with E-state index in [1.807, 2.05) is 19.1 Å². The van der Waals surface area contributed by atoms with Crippen LogP contribution in [-0.4, -0.2) is 30.3 Å². The highest BCUT2D eigenvalue weighted by atomic mass is 16.7. The van der Waals surface area contributed by atoms with E-state index in [1.165, 1.54) is 0 Å². The Morgan fingerprint density at radius 1 is 1.43 bits per heavy atom. The monoisotopic (exact) mass is 286 g/mol. The molecule has 0 bridgehead atoms. The van der Waals surface area contributed by atoms with Gasteiger partial charge in [-0.3, -0.25) is 0 Å². The summed E-state index contributed by atoms with van der Waals surface area (Å²) in [5, 5.41) is 9.69. The van der Waals surface area contributed by atoms with Crippen LogP contribution in [0.4, 0.5) is 5.69 Å². The first-order valence-electron chi connectivity index (χ1n) is 7.51. The van der Waals surface area contributed by atoms with E-state index in [4.69, 9.17) is 4.84 Å². The van der Waals surface area contributed by atoms with Gasteiger partial charge in [0.1, 0.15) is 0 Å². The summed E-state index contributed by atoms with van der Waals surface area (Å²) in [5.74, 6) is 0.891. The fraction of sp³-hybridized carbons (Fsp3) is 0.412. The zero-order valence-electron chi connectivity index (χ0n) is 12.5. The van der Waals surface area contributed by atoms with Gasteiger partial charge in [-0.1, -0.05) is 24.3 Å². The summed E-state index contributed by atoms with van der Waals surface area (Å²) in [6.45, 7) is 5.71. The van der Waals surface area contributed by atoms with Gasteiger partial charge in [0.05, 0.1) is 12.1 Å². The van der Waals surface area contributed by atoms with Crippen LogP contribution in [-0.2, 0) is 4.84 Å². The molecule has 4 heteroatoms. The Morgan fingerprint density at radius 3 is 3.00 bits per heavy atom. The fourth-order valence-corrected chi connectivity index (χ4v) is 2.91. The van der Waals surface area contributed by atoms with E-state index in [-0.39, 0.29) is 12.1 Å². The van der Waals surface area contributed by atoms with Gasteiger partial charge < -0.3 is 14.8 Å². The summed E-state index contributed by atoms with van der Waals surface area (Å²) in [5.41, 5.74) is 6.39. The summed E-state index contributed by atoms with van der Waals surface area (Å²) in [7, 11) is 0. The van der Waals surface area contributed by atoms with E-state index in [0.717, 1.165) is 35.5 Å². The molecule has 1 fully saturated rings. The van der Waals surface area contributed by atoms with Crippen molar-refractivity contribution in [2.45, 2.75) is 32.4 Å². The van der Waals surface area contributed by atoms with Crippen molar-refractivity contribution in [3.05, 3.63) is 47.6 Å². The quantitative estimate of drug-likeness (QED) is 0.896. The van der Waals surface area contributed by atoms with Gasteiger partial charge in [0.2, 0.25) is 0 Å². The van der Waals surface area contributed by atoms with E-state index in [2.05, 4.69) is 41.6 Å². The molecule has 0 radical (unpaired) electrons. The summed E-state index contributed by atoms with van der Waals surface area (Å²) in [6, 6.07) is 8.52. The van der Waals surface area contributed by atoms with Crippen molar-refractivity contribution in [1.29, 1.82) is 0 Å². The molecule has 0 aromatic heterocycles. The number of rotatable bonds is 3. The maximum absolute atomic E-state index is 9.69. The van der Waals surface area contributed by atoms with Crippen LogP contribution in [0.2, 0.25) is 0 Å². The van der Waals surface area contributed by atoms with Crippen LogP contribution in [0.25, 0.3) is 5.76 Å². The standard InChI is InChI=1S/C17H22N2O2/c1-3-5-16-12(2)18-21-17(16)13-6-4-7-14(10-13)19-9-8-15(20)11-19/h3-7,10,12,15,18,20H,8-9,11H2,1-2H3/b5-3-. The molecule has 2 atom stereocenters. The number of β-amino-alcohol motifs (C(OH)–C–C–N with tert-alkyl or cyclic N) is 1. The Kier molecular flexibility index (Phi) is 3.99. The second-order valence-electron chi connectivity index (χ2n) is 5.66. The van der Waals surface area contributed by atoms with Crippen molar-refractivity contribution in [2.75, 3.05) is 18.0 Å². The molecular weight excluding hydrogens is 264 g/mol. The highest BCUT2D eigenvalue weighted by Gasteiger charge is 2.24. The highest BCUT2D eigenvalue weighted by molar-refractivity contribution is 5.71. The topological polar surface area (TPSA) is 44.7 Å². The van der Waals surface area contributed by atoms with Crippen molar-refractivity contribution >= 4 is 11.4 Å². The SMILES string of the molecule is C/C=C\C1=C(c2cccc(N3CCC(O)C3)c2)ONC1C. The van der Waals surface area contributed by atoms with Gasteiger partial charge in [-0.2, -0.15) is 0 Å². The lowest BCUT2D eigenvalue weighted by Gasteiger charge is -2.18. The van der Waals surface area contributed by atoms with Crippen LogP contribution in [0.3, 0.4) is 0 Å². The van der Waals surface area contributed by atoms with Crippen LogP contribution >= 0.6 is 0 Å². The Morgan fingerprint density at radius 2 is 2.29 bits per heavy atom. The van der Waals surface area contributed by atoms with Crippen LogP contribution in [0.15, 0.2) is 42.0 Å². The Hall–Kier alpha value is -1.78. The van der Waals surface area contributed by atoms with Gasteiger partial charge in [0, 0.05) is 29.9 Å². The van der Waals surface area contributed by atoms with Crippen LogP contribution in [0.1, 0.15) is 25.8 Å². The summed E-state index contributed by atoms with van der Waals surface area (Å²) >= 11 is 0. The lowest BCUT2D eigenvalue weighted by atomic mass is 10.0. The molecule has 3 rings (SSSR count). The predicted octanol–water partition coefficient (Wildman–Crippen LogP) is 2.47. The molecule has 4 nitrogen and oxygen atoms in total. The van der Waals surface area contributed by atoms with Crippen LogP contribution in [0.5, 0.6) is 0 Å². The van der Waals surface area contributed by atoms with E-state index >= 15 is 0 Å². The van der Waals surface area contributed by atoms with Gasteiger partial charge in [-0.05, 0) is 32.4 Å². The lowest BCUT2D eigenvalue weighted by molar-refractivity contribution is 0.166. The predicted molar refractivity (Wildman–Crippen MR) is 84.7 cm³/mol. The number of hydrogen-bond donors (Lipinski definition) is 2. The van der Waals surface area contributed by atoms with Crippen molar-refractivity contribution in [1.82, 2.24) is 5.48 Å². The second-order valence-corrected chi connectivity index (χ2v) is 5.66. The number of anilines is 1. The molecule has 112 valence electrons. The zero-order valence-corrected chi connectivity index (χ0v) is 12.5. The number of nitrogens with one attached hydrogen (secondary N) is 1. The van der Waals surface area contributed by atoms with Crippen molar-refractivity contribution in [3.63, 3.8) is 0 Å². The van der Waals surface area contributed by atoms with Crippen LogP contribution < -0.4 is 10.4 Å². The third-order valence-corrected chi connectivity index (χ3v) is 4.05. The van der Waals surface area contributed by atoms with Crippen molar-refractivity contribution in [2.24, 2.45) is 0 Å². The van der Waals surface area contributed by atoms with E-state index in [0.29, 0.717) is 6.54 Å². The molecule has 21 heavy (non-hydrogen) atoms. The minimum absolute atomic E-state index is 0.188. The van der Waals surface area contributed by atoms with E-state index in [1.54, 1.807) is 0 Å². The van der Waals surface area contributed by atoms with Crippen molar-refractivity contribution < 1.29 is 9.94 Å². The highest BCUT2D eigenvalue weighted by Crippen LogP contribution is 2.31. The smallest absolute Gasteiger partial charge is 0.159 e. The molecule has 2 unspecified atom stereocenters. The lowest BCUT2D eigenvalue weighted by Crippen LogP contribution is -2.21. The normalized spacial score (nSPS) is 26.0. The second kappa shape index (κ2) is 5.92. The number of benzene rings is 1. The average Bonchev–Trinajstić information content (AvgIpc) is 3.07. The summed E-state index contributed by atoms with van der Waals surface area (Å²) < 4.78 is 0. The molecule has 0 aliphatic carbocycles. The molecule has 2 N–H and O–H groups in total. The minimum atomic E-state index is -0.212. The maximum atomic E-state index is 9.69. The fourth-order valence-electron chi connectivity index (χ4n) is 2.91. The number of hydrogen-bond acceptors (Lipinski definition) is 4.